The van der Waals surface area contributed by atoms with Crippen molar-refractivity contribution in [2.45, 2.75) is 13.3 Å². The molecule has 0 bridgehead atoms. The van der Waals surface area contributed by atoms with Crippen LogP contribution in [0.15, 0.2) is 0 Å². The molecule has 0 unspecified atom stereocenters. The molecule has 0 aromatic heterocycles. The molecule has 0 aromatic carbocycles. The topological polar surface area (TPSA) is 0 Å². The number of alkyl halides is 1. The zero-order valence-electron chi connectivity index (χ0n) is 2.79. The second kappa shape index (κ2) is 2.93. The fourth-order valence-corrected chi connectivity index (χ4v) is 0. The number of rotatable bonds is 1. The summed E-state index contributed by atoms with van der Waals surface area (Å²) in [5.41, 5.74) is 0. The summed E-state index contributed by atoms with van der Waals surface area (Å²) in [7, 11) is 0. The van der Waals surface area contributed by atoms with E-state index in [1.807, 2.05) is 0 Å². The maximum absolute atomic E-state index is 10.7. The van der Waals surface area contributed by atoms with E-state index in [-0.39, 0.29) is 6.67 Å². The largest absolute Gasteiger partial charge is 0.251 e. The second-order valence-corrected chi connectivity index (χ2v) is 0.689. The van der Waals surface area contributed by atoms with Crippen molar-refractivity contribution in [2.24, 2.45) is 0 Å². The molecule has 0 rings (SSSR count). The molecule has 0 amide bonds. The molecule has 0 saturated heterocycles. The van der Waals surface area contributed by atoms with E-state index in [0.717, 1.165) is 0 Å². The van der Waals surface area contributed by atoms with Gasteiger partial charge in [0.15, 0.2) is 0 Å². The van der Waals surface area contributed by atoms with E-state index >= 15 is 0 Å². The maximum Gasteiger partial charge on any atom is 0.0891 e. The summed E-state index contributed by atoms with van der Waals surface area (Å²) in [5, 5.41) is 0. The predicted molar refractivity (Wildman–Crippen MR) is 16.3 cm³/mol. The van der Waals surface area contributed by atoms with Crippen LogP contribution >= 0.6 is 0 Å². The zero-order valence-corrected chi connectivity index (χ0v) is 2.79. The Morgan fingerprint density at radius 2 is 2.00 bits per heavy atom. The summed E-state index contributed by atoms with van der Waals surface area (Å²) in [6, 6.07) is 0. The van der Waals surface area contributed by atoms with Crippen LogP contribution in [0.5, 0.6) is 0 Å². The normalized spacial score (nSPS) is 7.50. The lowest BCUT2D eigenvalue weighted by Gasteiger charge is -1.64. The molecule has 0 aliphatic rings. The molecule has 0 aliphatic heterocycles. The molecular formula is C3H7F. The highest BCUT2D eigenvalue weighted by molar-refractivity contribution is 4.11. The fourth-order valence-electron chi connectivity index (χ4n) is 0. The van der Waals surface area contributed by atoms with E-state index in [2.05, 4.69) is 0 Å². The van der Waals surface area contributed by atoms with Crippen molar-refractivity contribution >= 4 is 0 Å². The van der Waals surface area contributed by atoms with Crippen molar-refractivity contribution in [1.82, 2.24) is 0 Å². The number of hydrogen-bond acceptors (Lipinski definition) is 0. The average molecular weight is 62.1 g/mol. The van der Waals surface area contributed by atoms with Gasteiger partial charge in [0.25, 0.3) is 0 Å². The molecule has 0 N–H and O–H groups in total. The molecule has 0 spiro atoms. The first-order valence-corrected chi connectivity index (χ1v) is 1.47. The number of hydrogen-bond donors (Lipinski definition) is 0. The Hall–Kier alpha value is -0.0700. The summed E-state index contributed by atoms with van der Waals surface area (Å²) in [4.78, 5) is 0. The van der Waals surface area contributed by atoms with Gasteiger partial charge in [-0.1, -0.05) is 6.92 Å². The van der Waals surface area contributed by atoms with Crippen molar-refractivity contribution in [2.75, 3.05) is 6.67 Å². The Morgan fingerprint density at radius 1 is 1.75 bits per heavy atom. The average Bonchev–Trinajstić information content (AvgIpc) is 1.37. The third-order valence-corrected chi connectivity index (χ3v) is 0.189. The van der Waals surface area contributed by atoms with E-state index in [1.165, 1.54) is 0 Å². The monoisotopic (exact) mass is 62.1 g/mol. The van der Waals surface area contributed by atoms with E-state index in [0.29, 0.717) is 6.42 Å². The van der Waals surface area contributed by atoms with Crippen LogP contribution in [0.3, 0.4) is 0 Å². The van der Waals surface area contributed by atoms with E-state index < -0.39 is 0 Å². The lowest BCUT2D eigenvalue weighted by Crippen LogP contribution is -1.58. The predicted octanol–water partition coefficient (Wildman–Crippen LogP) is 1.37. The third kappa shape index (κ3) is 1.93. The Morgan fingerprint density at radius 3 is 2.00 bits per heavy atom. The Bertz CT molecular complexity index is 5.25. The highest BCUT2D eigenvalue weighted by Crippen LogP contribution is 1.69. The van der Waals surface area contributed by atoms with Gasteiger partial charge in [-0.05, 0) is 6.42 Å². The Kier molecular flexibility index (Phi) is 2.88. The molecule has 0 nitrogen and oxygen atoms in total. The van der Waals surface area contributed by atoms with Gasteiger partial charge in [-0.15, -0.1) is 0 Å². The lowest BCUT2D eigenvalue weighted by atomic mass is 10.6. The van der Waals surface area contributed by atoms with Gasteiger partial charge in [-0.3, -0.25) is 4.39 Å². The molecule has 0 saturated carbocycles. The van der Waals surface area contributed by atoms with Gasteiger partial charge in [0.05, 0.1) is 6.67 Å². The minimum Gasteiger partial charge on any atom is -0.251 e. The van der Waals surface area contributed by atoms with Gasteiger partial charge in [0.1, 0.15) is 0 Å². The maximum atomic E-state index is 10.7. The lowest BCUT2D eigenvalue weighted by molar-refractivity contribution is 0.487. The van der Waals surface area contributed by atoms with Crippen molar-refractivity contribution < 1.29 is 4.39 Å². The molecule has 0 radical (unpaired) electrons. The van der Waals surface area contributed by atoms with E-state index in [4.69, 9.17) is 0 Å². The molecule has 26 valence electrons. The van der Waals surface area contributed by atoms with Crippen molar-refractivity contribution in [3.63, 3.8) is 0 Å². The fraction of sp³-hybridized carbons (Fsp3) is 1.00. The van der Waals surface area contributed by atoms with Crippen LogP contribution in [-0.2, 0) is 0 Å². The molecule has 0 atom stereocenters. The molecular weight excluding hydrogens is 55.0 g/mol. The smallest absolute Gasteiger partial charge is 0.0891 e. The standard InChI is InChI=1S/C3H7F/c1-2-3-4/h2-3H2,1H3/i4+0. The summed E-state index contributed by atoms with van der Waals surface area (Å²) in [6.07, 6.45) is 0.653. The van der Waals surface area contributed by atoms with Gasteiger partial charge < -0.3 is 0 Å². The summed E-state index contributed by atoms with van der Waals surface area (Å²) < 4.78 is 10.7. The third-order valence-electron chi connectivity index (χ3n) is 0.189. The van der Waals surface area contributed by atoms with Crippen molar-refractivity contribution in [3.05, 3.63) is 0 Å². The highest BCUT2D eigenvalue weighted by atomic mass is 19.1. The summed E-state index contributed by atoms with van der Waals surface area (Å²) in [5.74, 6) is 0. The molecule has 0 heterocycles. The van der Waals surface area contributed by atoms with Crippen LogP contribution in [0.2, 0.25) is 0 Å². The van der Waals surface area contributed by atoms with Crippen LogP contribution in [0.25, 0.3) is 0 Å². The van der Waals surface area contributed by atoms with E-state index in [1.54, 1.807) is 6.92 Å². The van der Waals surface area contributed by atoms with Gasteiger partial charge in [0, 0.05) is 0 Å². The van der Waals surface area contributed by atoms with Crippen LogP contribution in [0, 0.1) is 0 Å². The minimum atomic E-state index is -0.181. The summed E-state index contributed by atoms with van der Waals surface area (Å²) in [6.45, 7) is 1.62. The first-order chi connectivity index (χ1) is 1.91. The van der Waals surface area contributed by atoms with Gasteiger partial charge >= 0.3 is 0 Å². The molecule has 0 fully saturated rings. The van der Waals surface area contributed by atoms with Crippen LogP contribution in [-0.4, -0.2) is 6.67 Å². The van der Waals surface area contributed by atoms with Gasteiger partial charge in [-0.2, -0.15) is 0 Å². The number of halogens is 1. The van der Waals surface area contributed by atoms with Crippen molar-refractivity contribution in [3.8, 4) is 0 Å². The Balaban J connectivity index is 1.97. The van der Waals surface area contributed by atoms with Gasteiger partial charge in [-0.25, -0.2) is 0 Å². The summed E-state index contributed by atoms with van der Waals surface area (Å²) >= 11 is 0. The Labute approximate surface area is 25.6 Å². The second-order valence-electron chi connectivity index (χ2n) is 0.689. The first-order valence-electron chi connectivity index (χ1n) is 1.47. The van der Waals surface area contributed by atoms with E-state index in [9.17, 15) is 4.39 Å². The SMILES string of the molecule is CCC[19F]. The molecule has 0 aliphatic carbocycles. The minimum absolute atomic E-state index is 0.181. The van der Waals surface area contributed by atoms with Crippen LogP contribution in [0.4, 0.5) is 4.39 Å². The molecule has 0 aromatic rings. The van der Waals surface area contributed by atoms with Crippen LogP contribution in [0.1, 0.15) is 13.3 Å². The van der Waals surface area contributed by atoms with Crippen LogP contribution < -0.4 is 0 Å². The zero-order chi connectivity index (χ0) is 3.41. The first kappa shape index (κ1) is 3.93. The molecule has 4 heavy (non-hydrogen) atoms. The quantitative estimate of drug-likeness (QED) is 0.430. The molecule has 1 heteroatoms. The van der Waals surface area contributed by atoms with Crippen molar-refractivity contribution in [1.29, 1.82) is 0 Å². The highest BCUT2D eigenvalue weighted by Gasteiger charge is 1.60. The van der Waals surface area contributed by atoms with Gasteiger partial charge in [0.2, 0.25) is 0 Å².